The van der Waals surface area contributed by atoms with Crippen LogP contribution in [-0.2, 0) is 0 Å². The lowest BCUT2D eigenvalue weighted by Gasteiger charge is -2.41. The minimum Gasteiger partial charge on any atom is -0.482 e. The average Bonchev–Trinajstić information content (AvgIpc) is 3.07. The van der Waals surface area contributed by atoms with Gasteiger partial charge in [0.15, 0.2) is 5.75 Å². The van der Waals surface area contributed by atoms with Crippen molar-refractivity contribution in [3.05, 3.63) is 47.0 Å². The van der Waals surface area contributed by atoms with Crippen LogP contribution >= 0.6 is 11.6 Å². The van der Waals surface area contributed by atoms with Crippen LogP contribution in [0.4, 0.5) is 18.0 Å². The van der Waals surface area contributed by atoms with Gasteiger partial charge in [0.25, 0.3) is 5.95 Å². The Bertz CT molecular complexity index is 886. The molecule has 0 aromatic carbocycles. The first kappa shape index (κ1) is 18.8. The first-order chi connectivity index (χ1) is 13.4. The molecule has 2 aliphatic heterocycles. The highest BCUT2D eigenvalue weighted by Crippen LogP contribution is 2.33. The monoisotopic (exact) mass is 412 g/mol. The molecule has 1 unspecified atom stereocenters. The molecule has 6 nitrogen and oxygen atoms in total. The van der Waals surface area contributed by atoms with Crippen LogP contribution in [0.5, 0.6) is 5.75 Å². The third-order valence-electron chi connectivity index (χ3n) is 4.85. The predicted octanol–water partition coefficient (Wildman–Crippen LogP) is 3.84. The van der Waals surface area contributed by atoms with E-state index in [4.69, 9.17) is 16.3 Å². The number of nitrogens with zero attached hydrogens (tertiary/aromatic N) is 4. The number of carbonyl (C=O) groups excluding carboxylic acids is 1. The second-order valence-corrected chi connectivity index (χ2v) is 7.19. The van der Waals surface area contributed by atoms with E-state index in [1.165, 1.54) is 28.1 Å². The average molecular weight is 413 g/mol. The maximum atomic E-state index is 13.7. The standard InChI is InChI=1S/C18H16ClF3N4O2/c19-16-2-1-15(17(22)24-16)28-13-8-25(9-13)18(27)26-14(3-4-23-26)10-5-11(20)7-12(21)6-10/h1-2,4-5,7,10,13-14H,3,6,8-9H2/t10?,14-/m0/s1. The van der Waals surface area contributed by atoms with Crippen molar-refractivity contribution in [2.24, 2.45) is 11.0 Å². The number of carbonyl (C=O) groups is 1. The molecule has 1 aromatic rings. The highest BCUT2D eigenvalue weighted by molar-refractivity contribution is 6.29. The van der Waals surface area contributed by atoms with E-state index in [2.05, 4.69) is 10.1 Å². The second kappa shape index (κ2) is 7.46. The maximum Gasteiger partial charge on any atom is 0.340 e. The van der Waals surface area contributed by atoms with E-state index in [0.717, 1.165) is 6.08 Å². The number of aromatic nitrogens is 1. The summed E-state index contributed by atoms with van der Waals surface area (Å²) in [4.78, 5) is 17.7. The van der Waals surface area contributed by atoms with Gasteiger partial charge in [-0.15, -0.1) is 0 Å². The topological polar surface area (TPSA) is 58.0 Å². The first-order valence-corrected chi connectivity index (χ1v) is 9.11. The third-order valence-corrected chi connectivity index (χ3v) is 5.06. The van der Waals surface area contributed by atoms with Crippen molar-refractivity contribution in [2.45, 2.75) is 25.0 Å². The lowest BCUT2D eigenvalue weighted by Crippen LogP contribution is -2.60. The van der Waals surface area contributed by atoms with Crippen LogP contribution in [0.2, 0.25) is 5.15 Å². The maximum absolute atomic E-state index is 13.7. The molecule has 1 saturated heterocycles. The smallest absolute Gasteiger partial charge is 0.340 e. The predicted molar refractivity (Wildman–Crippen MR) is 95.8 cm³/mol. The second-order valence-electron chi connectivity index (χ2n) is 6.81. The minimum absolute atomic E-state index is 0.0210. The van der Waals surface area contributed by atoms with Crippen molar-refractivity contribution in [2.75, 3.05) is 13.1 Å². The molecule has 3 aliphatic rings. The van der Waals surface area contributed by atoms with Gasteiger partial charge in [0.2, 0.25) is 0 Å². The molecule has 28 heavy (non-hydrogen) atoms. The molecule has 0 saturated carbocycles. The summed E-state index contributed by atoms with van der Waals surface area (Å²) in [5, 5.41) is 5.35. The molecule has 4 rings (SSSR count). The van der Waals surface area contributed by atoms with Crippen molar-refractivity contribution in [3.63, 3.8) is 0 Å². The van der Waals surface area contributed by atoms with Crippen LogP contribution in [-0.4, -0.2) is 52.4 Å². The lowest BCUT2D eigenvalue weighted by molar-refractivity contribution is 0.0231. The van der Waals surface area contributed by atoms with Gasteiger partial charge in [-0.25, -0.2) is 23.6 Å². The number of likely N-dealkylation sites (tertiary alicyclic amines) is 1. The fourth-order valence-electron chi connectivity index (χ4n) is 3.45. The lowest BCUT2D eigenvalue weighted by atomic mass is 9.90. The molecule has 1 aromatic heterocycles. The Morgan fingerprint density at radius 2 is 2.04 bits per heavy atom. The number of amides is 2. The molecule has 0 radical (unpaired) electrons. The zero-order chi connectivity index (χ0) is 19.8. The summed E-state index contributed by atoms with van der Waals surface area (Å²) in [6, 6.07) is 1.96. The van der Waals surface area contributed by atoms with Crippen LogP contribution in [0.1, 0.15) is 12.8 Å². The van der Waals surface area contributed by atoms with Crippen LogP contribution in [0.25, 0.3) is 0 Å². The van der Waals surface area contributed by atoms with Crippen LogP contribution < -0.4 is 4.74 Å². The van der Waals surface area contributed by atoms with Gasteiger partial charge in [-0.2, -0.15) is 9.49 Å². The number of hydrogen-bond acceptors (Lipinski definition) is 4. The zero-order valence-electron chi connectivity index (χ0n) is 14.6. The van der Waals surface area contributed by atoms with E-state index >= 15 is 0 Å². The molecular weight excluding hydrogens is 397 g/mol. The number of ether oxygens (including phenoxy) is 1. The fraction of sp³-hybridized carbons (Fsp3) is 0.389. The van der Waals surface area contributed by atoms with Crippen LogP contribution in [0.15, 0.2) is 41.0 Å². The number of halogens is 4. The molecule has 2 amide bonds. The van der Waals surface area contributed by atoms with Crippen molar-refractivity contribution in [1.82, 2.24) is 14.9 Å². The number of rotatable bonds is 3. The highest BCUT2D eigenvalue weighted by Gasteiger charge is 2.41. The summed E-state index contributed by atoms with van der Waals surface area (Å²) < 4.78 is 46.3. The summed E-state index contributed by atoms with van der Waals surface area (Å²) in [5.74, 6) is -2.55. The van der Waals surface area contributed by atoms with Gasteiger partial charge in [-0.3, -0.25) is 0 Å². The van der Waals surface area contributed by atoms with E-state index in [1.54, 1.807) is 6.21 Å². The molecule has 3 heterocycles. The number of hydrogen-bond donors (Lipinski definition) is 0. The zero-order valence-corrected chi connectivity index (χ0v) is 15.3. The van der Waals surface area contributed by atoms with E-state index in [1.807, 2.05) is 0 Å². The van der Waals surface area contributed by atoms with Crippen molar-refractivity contribution < 1.29 is 22.7 Å². The van der Waals surface area contributed by atoms with Crippen LogP contribution in [0.3, 0.4) is 0 Å². The van der Waals surface area contributed by atoms with Gasteiger partial charge in [-0.1, -0.05) is 11.6 Å². The van der Waals surface area contributed by atoms with E-state index in [9.17, 15) is 18.0 Å². The Balaban J connectivity index is 1.35. The summed E-state index contributed by atoms with van der Waals surface area (Å²) >= 11 is 5.60. The molecular formula is C18H16ClF3N4O2. The Morgan fingerprint density at radius 1 is 1.25 bits per heavy atom. The SMILES string of the molecule is O=C(N1CC(Oc2ccc(Cl)nc2F)C1)N1N=CC[C@H]1C1C=C(F)C=C(F)C1. The number of pyridine rings is 1. The summed E-state index contributed by atoms with van der Waals surface area (Å²) in [6.07, 6.45) is 3.79. The quantitative estimate of drug-likeness (QED) is 0.709. The van der Waals surface area contributed by atoms with Crippen LogP contribution in [0, 0.1) is 11.9 Å². The minimum atomic E-state index is -0.817. The first-order valence-electron chi connectivity index (χ1n) is 8.73. The number of allylic oxidation sites excluding steroid dienone is 3. The normalized spacial score (nSPS) is 24.7. The van der Waals surface area contributed by atoms with Gasteiger partial charge in [0, 0.05) is 31.1 Å². The molecule has 148 valence electrons. The van der Waals surface area contributed by atoms with Gasteiger partial charge in [0.05, 0.1) is 19.1 Å². The largest absolute Gasteiger partial charge is 0.482 e. The molecule has 0 spiro atoms. The molecule has 0 N–H and O–H groups in total. The van der Waals surface area contributed by atoms with E-state index < -0.39 is 29.6 Å². The van der Waals surface area contributed by atoms with Crippen molar-refractivity contribution in [1.29, 1.82) is 0 Å². The summed E-state index contributed by atoms with van der Waals surface area (Å²) in [7, 11) is 0. The van der Waals surface area contributed by atoms with Gasteiger partial charge in [-0.05, 0) is 18.2 Å². The fourth-order valence-corrected chi connectivity index (χ4v) is 3.59. The molecule has 10 heteroatoms. The Kier molecular flexibility index (Phi) is 5.01. The highest BCUT2D eigenvalue weighted by atomic mass is 35.5. The molecule has 0 bridgehead atoms. The number of urea groups is 1. The Hall–Kier alpha value is -2.55. The van der Waals surface area contributed by atoms with E-state index in [-0.39, 0.29) is 42.5 Å². The Labute approximate surface area is 163 Å². The van der Waals surface area contributed by atoms with Crippen molar-refractivity contribution >= 4 is 23.8 Å². The summed E-state index contributed by atoms with van der Waals surface area (Å²) in [5.41, 5.74) is 0. The number of hydrazone groups is 1. The molecule has 1 fully saturated rings. The van der Waals surface area contributed by atoms with Gasteiger partial charge >= 0.3 is 6.03 Å². The molecule has 2 atom stereocenters. The van der Waals surface area contributed by atoms with Gasteiger partial charge < -0.3 is 9.64 Å². The Morgan fingerprint density at radius 3 is 2.75 bits per heavy atom. The van der Waals surface area contributed by atoms with Gasteiger partial charge in [0.1, 0.15) is 22.9 Å². The van der Waals surface area contributed by atoms with Crippen molar-refractivity contribution in [3.8, 4) is 5.75 Å². The summed E-state index contributed by atoms with van der Waals surface area (Å²) in [6.45, 7) is 0.478. The molecule has 1 aliphatic carbocycles. The van der Waals surface area contributed by atoms with E-state index in [0.29, 0.717) is 6.42 Å². The third kappa shape index (κ3) is 3.71.